The van der Waals surface area contributed by atoms with E-state index in [0.29, 0.717) is 24.1 Å². The second-order valence-electron chi connectivity index (χ2n) is 8.15. The second-order valence-corrected chi connectivity index (χ2v) is 10.2. The third-order valence-electron chi connectivity index (χ3n) is 5.51. The predicted molar refractivity (Wildman–Crippen MR) is 103 cm³/mol. The van der Waals surface area contributed by atoms with E-state index in [9.17, 15) is 13.2 Å². The summed E-state index contributed by atoms with van der Waals surface area (Å²) in [6.07, 6.45) is 4.81. The molecule has 144 valence electrons. The van der Waals surface area contributed by atoms with Gasteiger partial charge in [-0.05, 0) is 49.3 Å². The van der Waals surface area contributed by atoms with E-state index in [2.05, 4.69) is 18.7 Å². The summed E-state index contributed by atoms with van der Waals surface area (Å²) >= 11 is 0. The molecule has 0 bridgehead atoms. The zero-order valence-electron chi connectivity index (χ0n) is 16.0. The van der Waals surface area contributed by atoms with Gasteiger partial charge in [-0.3, -0.25) is 9.69 Å². The number of sulfone groups is 1. The highest BCUT2D eigenvalue weighted by atomic mass is 32.2. The van der Waals surface area contributed by atoms with Crippen LogP contribution in [0.2, 0.25) is 0 Å². The van der Waals surface area contributed by atoms with Crippen molar-refractivity contribution >= 4 is 15.7 Å². The van der Waals surface area contributed by atoms with Gasteiger partial charge in [0, 0.05) is 44.0 Å². The van der Waals surface area contributed by atoms with Gasteiger partial charge in [0.2, 0.25) is 0 Å². The topological polar surface area (TPSA) is 57.7 Å². The highest BCUT2D eigenvalue weighted by Crippen LogP contribution is 2.32. The third kappa shape index (κ3) is 4.65. The minimum atomic E-state index is -3.32. The van der Waals surface area contributed by atoms with E-state index in [-0.39, 0.29) is 10.8 Å². The van der Waals surface area contributed by atoms with Gasteiger partial charge in [-0.2, -0.15) is 0 Å². The van der Waals surface area contributed by atoms with Crippen LogP contribution in [0.3, 0.4) is 0 Å². The van der Waals surface area contributed by atoms with Gasteiger partial charge in [-0.1, -0.05) is 19.9 Å². The van der Waals surface area contributed by atoms with Crippen LogP contribution in [0.4, 0.5) is 0 Å². The first-order valence-electron chi connectivity index (χ1n) is 9.59. The maximum atomic E-state index is 13.1. The molecule has 5 nitrogen and oxygen atoms in total. The van der Waals surface area contributed by atoms with Crippen molar-refractivity contribution < 1.29 is 13.2 Å². The van der Waals surface area contributed by atoms with Crippen LogP contribution in [-0.2, 0) is 9.84 Å². The fraction of sp³-hybridized carbons (Fsp3) is 0.650. The lowest BCUT2D eigenvalue weighted by Crippen LogP contribution is -2.46. The zero-order chi connectivity index (χ0) is 18.9. The summed E-state index contributed by atoms with van der Waals surface area (Å²) in [5, 5.41) is 0. The van der Waals surface area contributed by atoms with Crippen molar-refractivity contribution in [3.05, 3.63) is 29.8 Å². The van der Waals surface area contributed by atoms with Crippen LogP contribution < -0.4 is 0 Å². The Balaban J connectivity index is 1.78. The van der Waals surface area contributed by atoms with Gasteiger partial charge >= 0.3 is 0 Å². The minimum absolute atomic E-state index is 0.0607. The molecule has 2 fully saturated rings. The van der Waals surface area contributed by atoms with E-state index in [4.69, 9.17) is 0 Å². The smallest absolute Gasteiger partial charge is 0.253 e. The largest absolute Gasteiger partial charge is 0.337 e. The number of benzene rings is 1. The number of hydrogen-bond donors (Lipinski definition) is 0. The van der Waals surface area contributed by atoms with E-state index >= 15 is 0 Å². The van der Waals surface area contributed by atoms with E-state index in [1.807, 2.05) is 4.90 Å². The van der Waals surface area contributed by atoms with Gasteiger partial charge in [0.15, 0.2) is 9.84 Å². The summed E-state index contributed by atoms with van der Waals surface area (Å²) in [4.78, 5) is 17.7. The predicted octanol–water partition coefficient (Wildman–Crippen LogP) is 2.67. The summed E-state index contributed by atoms with van der Waals surface area (Å²) < 4.78 is 23.6. The summed E-state index contributed by atoms with van der Waals surface area (Å²) in [5.41, 5.74) is 0.464. The average Bonchev–Trinajstić information content (AvgIpc) is 3.41. The Kier molecular flexibility index (Phi) is 5.72. The van der Waals surface area contributed by atoms with E-state index in [1.54, 1.807) is 18.2 Å². The lowest BCUT2D eigenvalue weighted by molar-refractivity contribution is 0.0704. The molecule has 1 unspecified atom stereocenters. The van der Waals surface area contributed by atoms with Crippen LogP contribution in [-0.4, -0.2) is 62.6 Å². The number of amides is 1. The lowest BCUT2D eigenvalue weighted by atomic mass is 10.0. The molecule has 1 heterocycles. The Bertz CT molecular complexity index is 756. The number of carbonyl (C=O) groups excluding carboxylic acids is 1. The quantitative estimate of drug-likeness (QED) is 0.790. The number of nitrogens with zero attached hydrogens (tertiary/aromatic N) is 2. The average molecular weight is 379 g/mol. The first kappa shape index (κ1) is 19.4. The van der Waals surface area contributed by atoms with Crippen molar-refractivity contribution in [2.24, 2.45) is 11.8 Å². The third-order valence-corrected chi connectivity index (χ3v) is 6.62. The molecule has 0 aromatic heterocycles. The molecular formula is C20H30N2O3S. The fourth-order valence-electron chi connectivity index (χ4n) is 3.78. The zero-order valence-corrected chi connectivity index (χ0v) is 16.8. The maximum Gasteiger partial charge on any atom is 0.253 e. The molecular weight excluding hydrogens is 348 g/mol. The van der Waals surface area contributed by atoms with Gasteiger partial charge < -0.3 is 4.90 Å². The molecule has 0 spiro atoms. The van der Waals surface area contributed by atoms with Crippen LogP contribution in [0.15, 0.2) is 29.2 Å². The van der Waals surface area contributed by atoms with Crippen molar-refractivity contribution in [3.8, 4) is 0 Å². The van der Waals surface area contributed by atoms with Crippen LogP contribution >= 0.6 is 0 Å². The van der Waals surface area contributed by atoms with Crippen molar-refractivity contribution in [2.45, 2.75) is 44.0 Å². The molecule has 1 aromatic carbocycles. The molecule has 6 heteroatoms. The summed E-state index contributed by atoms with van der Waals surface area (Å²) in [6.45, 7) is 8.07. The summed E-state index contributed by atoms with van der Waals surface area (Å²) in [5.74, 6) is 1.25. The second kappa shape index (κ2) is 7.69. The molecule has 2 aliphatic rings. The molecule has 1 saturated carbocycles. The molecule has 1 aliphatic heterocycles. The minimum Gasteiger partial charge on any atom is -0.337 e. The highest BCUT2D eigenvalue weighted by molar-refractivity contribution is 7.90. The highest BCUT2D eigenvalue weighted by Gasteiger charge is 2.33. The Morgan fingerprint density at radius 2 is 1.96 bits per heavy atom. The molecule has 1 aliphatic carbocycles. The standard InChI is InChI=1S/C20H30N2O3S/c1-15(2)19-14-22(11-5-10-21(19)13-16-8-9-16)20(23)17-6-4-7-18(12-17)26(3,24)25/h4,6-7,12,15-16,19H,5,8-11,13-14H2,1-3H3. The Morgan fingerprint density at radius 1 is 1.23 bits per heavy atom. The van der Waals surface area contributed by atoms with Crippen molar-refractivity contribution in [2.75, 3.05) is 32.4 Å². The van der Waals surface area contributed by atoms with Gasteiger partial charge in [-0.25, -0.2) is 8.42 Å². The van der Waals surface area contributed by atoms with Gasteiger partial charge in [0.25, 0.3) is 5.91 Å². The van der Waals surface area contributed by atoms with E-state index in [1.165, 1.54) is 25.2 Å². The first-order valence-corrected chi connectivity index (χ1v) is 11.5. The van der Waals surface area contributed by atoms with E-state index < -0.39 is 9.84 Å². The van der Waals surface area contributed by atoms with Crippen LogP contribution in [0, 0.1) is 11.8 Å². The SMILES string of the molecule is CC(C)C1CN(C(=O)c2cccc(S(C)(=O)=O)c2)CCCN1CC1CC1. The molecule has 1 saturated heterocycles. The monoisotopic (exact) mass is 378 g/mol. The van der Waals surface area contributed by atoms with E-state index in [0.717, 1.165) is 32.0 Å². The van der Waals surface area contributed by atoms with Crippen LogP contribution in [0.5, 0.6) is 0 Å². The molecule has 0 radical (unpaired) electrons. The molecule has 1 atom stereocenters. The molecule has 0 N–H and O–H groups in total. The van der Waals surface area contributed by atoms with Gasteiger partial charge in [0.1, 0.15) is 0 Å². The first-order chi connectivity index (χ1) is 12.3. The Labute approximate surface area is 157 Å². The summed E-state index contributed by atoms with van der Waals surface area (Å²) in [6, 6.07) is 6.78. The van der Waals surface area contributed by atoms with Crippen LogP contribution in [0.1, 0.15) is 43.5 Å². The van der Waals surface area contributed by atoms with Gasteiger partial charge in [-0.15, -0.1) is 0 Å². The Hall–Kier alpha value is -1.40. The fourth-order valence-corrected chi connectivity index (χ4v) is 4.45. The molecule has 1 amide bonds. The number of carbonyl (C=O) groups is 1. The number of rotatable bonds is 5. The normalized spacial score (nSPS) is 22.5. The maximum absolute atomic E-state index is 13.1. The van der Waals surface area contributed by atoms with Crippen molar-refractivity contribution in [1.29, 1.82) is 0 Å². The number of hydrogen-bond acceptors (Lipinski definition) is 4. The Morgan fingerprint density at radius 3 is 2.58 bits per heavy atom. The molecule has 3 rings (SSSR count). The van der Waals surface area contributed by atoms with Crippen molar-refractivity contribution in [1.82, 2.24) is 9.80 Å². The lowest BCUT2D eigenvalue weighted by Gasteiger charge is -2.34. The van der Waals surface area contributed by atoms with Crippen molar-refractivity contribution in [3.63, 3.8) is 0 Å². The van der Waals surface area contributed by atoms with Crippen LogP contribution in [0.25, 0.3) is 0 Å². The molecule has 1 aromatic rings. The van der Waals surface area contributed by atoms with Gasteiger partial charge in [0.05, 0.1) is 4.90 Å². The molecule has 26 heavy (non-hydrogen) atoms. The summed E-state index contributed by atoms with van der Waals surface area (Å²) in [7, 11) is -3.32.